The third-order valence-corrected chi connectivity index (χ3v) is 1.21. The van der Waals surface area contributed by atoms with Crippen LogP contribution in [0.15, 0.2) is 25.5 Å². The fourth-order valence-electron chi connectivity index (χ4n) is 0.147. The average Bonchev–Trinajstić information content (AvgIpc) is 1.68. The van der Waals surface area contributed by atoms with E-state index in [0.717, 1.165) is 0 Å². The lowest BCUT2D eigenvalue weighted by Crippen LogP contribution is -1.90. The van der Waals surface area contributed by atoms with Crippen LogP contribution in [0.25, 0.3) is 0 Å². The molecule has 0 aliphatic rings. The van der Waals surface area contributed by atoms with Crippen LogP contribution >= 0.6 is 22.6 Å². The molecule has 0 amide bonds. The third kappa shape index (κ3) is 3.85. The molecule has 0 aliphatic carbocycles. The van der Waals surface area contributed by atoms with E-state index in [9.17, 15) is 0 Å². The number of halogens is 1. The van der Waals surface area contributed by atoms with Crippen molar-refractivity contribution in [2.75, 3.05) is 0 Å². The van der Waals surface area contributed by atoms with Gasteiger partial charge in [0.1, 0.15) is 0 Å². The van der Waals surface area contributed by atoms with E-state index in [0.29, 0.717) is 0 Å². The minimum atomic E-state index is 0.0649. The van der Waals surface area contributed by atoms with Gasteiger partial charge in [-0.2, -0.15) is 0 Å². The molecule has 40 valence electrons. The molecule has 0 saturated heterocycles. The highest BCUT2D eigenvalue weighted by atomic mass is 127. The molecule has 0 saturated carbocycles. The van der Waals surface area contributed by atoms with E-state index >= 15 is 0 Å². The van der Waals surface area contributed by atoms with Crippen LogP contribution in [-0.2, 0) is 4.74 Å². The Morgan fingerprint density at radius 1 is 1.57 bits per heavy atom. The highest BCUT2D eigenvalue weighted by Crippen LogP contribution is 2.01. The number of rotatable bonds is 3. The second kappa shape index (κ2) is 4.18. The molecule has 0 N–H and O–H groups in total. The molecule has 0 fully saturated rings. The molecule has 0 bridgehead atoms. The lowest BCUT2D eigenvalue weighted by Gasteiger charge is -1.99. The molecular weight excluding hydrogens is 203 g/mol. The first-order valence-corrected chi connectivity index (χ1v) is 3.09. The van der Waals surface area contributed by atoms with Crippen molar-refractivity contribution in [2.45, 2.75) is 4.11 Å². The molecule has 0 aromatic carbocycles. The Bertz CT molecular complexity index is 70.5. The van der Waals surface area contributed by atoms with Gasteiger partial charge in [0.15, 0.2) is 4.11 Å². The first-order chi connectivity index (χ1) is 3.31. The maximum Gasteiger partial charge on any atom is 0.166 e. The number of hydrogen-bond donors (Lipinski definition) is 0. The molecule has 2 heteroatoms. The van der Waals surface area contributed by atoms with Crippen molar-refractivity contribution in [2.24, 2.45) is 0 Å². The predicted molar refractivity (Wildman–Crippen MR) is 39.3 cm³/mol. The highest BCUT2D eigenvalue weighted by molar-refractivity contribution is 14.1. The quantitative estimate of drug-likeness (QED) is 0.300. The lowest BCUT2D eigenvalue weighted by molar-refractivity contribution is 0.275. The van der Waals surface area contributed by atoms with Gasteiger partial charge in [-0.25, -0.2) is 0 Å². The van der Waals surface area contributed by atoms with Crippen molar-refractivity contribution >= 4 is 22.6 Å². The summed E-state index contributed by atoms with van der Waals surface area (Å²) in [5.74, 6) is 0. The molecule has 0 spiro atoms. The molecule has 0 aromatic heterocycles. The summed E-state index contributed by atoms with van der Waals surface area (Å²) in [6, 6.07) is 0. The van der Waals surface area contributed by atoms with Crippen molar-refractivity contribution < 1.29 is 4.74 Å². The first kappa shape index (κ1) is 7.01. The first-order valence-electron chi connectivity index (χ1n) is 1.84. The van der Waals surface area contributed by atoms with Gasteiger partial charge in [-0.15, -0.1) is 0 Å². The Balaban J connectivity index is 3.15. The summed E-state index contributed by atoms with van der Waals surface area (Å²) in [6.45, 7) is 6.87. The van der Waals surface area contributed by atoms with Crippen molar-refractivity contribution in [3.8, 4) is 0 Å². The van der Waals surface area contributed by atoms with E-state index < -0.39 is 0 Å². The molecule has 0 aliphatic heterocycles. The summed E-state index contributed by atoms with van der Waals surface area (Å²) in [7, 11) is 0. The van der Waals surface area contributed by atoms with E-state index in [1.54, 1.807) is 6.08 Å². The minimum Gasteiger partial charge on any atom is -0.484 e. The van der Waals surface area contributed by atoms with Gasteiger partial charge >= 0.3 is 0 Å². The summed E-state index contributed by atoms with van der Waals surface area (Å²) < 4.78 is 4.89. The van der Waals surface area contributed by atoms with Gasteiger partial charge in [-0.3, -0.25) is 0 Å². The zero-order valence-corrected chi connectivity index (χ0v) is 6.09. The highest BCUT2D eigenvalue weighted by Gasteiger charge is 1.88. The van der Waals surface area contributed by atoms with Crippen LogP contribution in [0.4, 0.5) is 0 Å². The topological polar surface area (TPSA) is 9.23 Å². The lowest BCUT2D eigenvalue weighted by atomic mass is 10.7. The van der Waals surface area contributed by atoms with E-state index in [2.05, 4.69) is 35.7 Å². The number of hydrogen-bond acceptors (Lipinski definition) is 1. The molecule has 0 heterocycles. The Morgan fingerprint density at radius 2 is 2.14 bits per heavy atom. The van der Waals surface area contributed by atoms with Crippen LogP contribution < -0.4 is 0 Å². The predicted octanol–water partition coefficient (Wildman–Crippen LogP) is 2.09. The van der Waals surface area contributed by atoms with Crippen LogP contribution in [0.2, 0.25) is 0 Å². The van der Waals surface area contributed by atoms with Gasteiger partial charge in [-0.05, 0) is 28.7 Å². The van der Waals surface area contributed by atoms with Gasteiger partial charge in [-0.1, -0.05) is 13.2 Å². The molecule has 0 radical (unpaired) electrons. The van der Waals surface area contributed by atoms with E-state index in [-0.39, 0.29) is 4.11 Å². The van der Waals surface area contributed by atoms with Gasteiger partial charge in [0.05, 0.1) is 6.26 Å². The van der Waals surface area contributed by atoms with Gasteiger partial charge in [0.25, 0.3) is 0 Å². The molecule has 7 heavy (non-hydrogen) atoms. The summed E-state index contributed by atoms with van der Waals surface area (Å²) in [6.07, 6.45) is 3.10. The van der Waals surface area contributed by atoms with Crippen molar-refractivity contribution in [1.29, 1.82) is 0 Å². The standard InChI is InChI=1S/C5H7IO/c1-3-5(6)7-4-2/h3-5H,1-2H2. The number of alkyl halides is 1. The Labute approximate surface area is 57.2 Å². The smallest absolute Gasteiger partial charge is 0.166 e. The van der Waals surface area contributed by atoms with Gasteiger partial charge in [0.2, 0.25) is 0 Å². The van der Waals surface area contributed by atoms with Crippen molar-refractivity contribution in [3.05, 3.63) is 25.5 Å². The molecular formula is C5H7IO. The van der Waals surface area contributed by atoms with Gasteiger partial charge in [0, 0.05) is 0 Å². The number of ether oxygens (including phenoxy) is 1. The fourth-order valence-corrected chi connectivity index (χ4v) is 0.355. The maximum absolute atomic E-state index is 4.82. The normalized spacial score (nSPS) is 12.1. The van der Waals surface area contributed by atoms with E-state index in [4.69, 9.17) is 4.74 Å². The van der Waals surface area contributed by atoms with Crippen LogP contribution in [0.3, 0.4) is 0 Å². The zero-order chi connectivity index (χ0) is 5.70. The van der Waals surface area contributed by atoms with Crippen molar-refractivity contribution in [3.63, 3.8) is 0 Å². The SMILES string of the molecule is C=COC(I)C=C. The molecule has 0 rings (SSSR count). The minimum absolute atomic E-state index is 0.0649. The Kier molecular flexibility index (Phi) is 4.18. The Hall–Kier alpha value is 0.01000. The summed E-state index contributed by atoms with van der Waals surface area (Å²) in [5.41, 5.74) is 0. The summed E-state index contributed by atoms with van der Waals surface area (Å²) >= 11 is 2.09. The van der Waals surface area contributed by atoms with Crippen LogP contribution in [-0.4, -0.2) is 4.11 Å². The molecule has 1 atom stereocenters. The second-order valence-electron chi connectivity index (χ2n) is 0.890. The van der Waals surface area contributed by atoms with Crippen LogP contribution in [0.5, 0.6) is 0 Å². The summed E-state index contributed by atoms with van der Waals surface area (Å²) in [4.78, 5) is 0. The summed E-state index contributed by atoms with van der Waals surface area (Å²) in [5, 5.41) is 0. The van der Waals surface area contributed by atoms with Crippen LogP contribution in [0, 0.1) is 0 Å². The Morgan fingerprint density at radius 3 is 2.29 bits per heavy atom. The largest absolute Gasteiger partial charge is 0.484 e. The third-order valence-electron chi connectivity index (χ3n) is 0.412. The van der Waals surface area contributed by atoms with E-state index in [1.807, 2.05) is 0 Å². The molecule has 1 unspecified atom stereocenters. The maximum atomic E-state index is 4.82. The molecule has 0 aromatic rings. The molecule has 1 nitrogen and oxygen atoms in total. The second-order valence-corrected chi connectivity index (χ2v) is 2.12. The van der Waals surface area contributed by atoms with E-state index in [1.165, 1.54) is 6.26 Å². The fraction of sp³-hybridized carbons (Fsp3) is 0.200. The van der Waals surface area contributed by atoms with Gasteiger partial charge < -0.3 is 4.74 Å². The monoisotopic (exact) mass is 210 g/mol. The van der Waals surface area contributed by atoms with Crippen LogP contribution in [0.1, 0.15) is 0 Å². The zero-order valence-electron chi connectivity index (χ0n) is 3.93. The van der Waals surface area contributed by atoms with Crippen molar-refractivity contribution in [1.82, 2.24) is 0 Å². The average molecular weight is 210 g/mol.